The minimum Gasteiger partial charge on any atom is -0.206 e. The van der Waals surface area contributed by atoms with Gasteiger partial charge in [0.2, 0.25) is 0 Å². The van der Waals surface area contributed by atoms with Gasteiger partial charge in [-0.3, -0.25) is 0 Å². The van der Waals surface area contributed by atoms with E-state index in [2.05, 4.69) is 15.9 Å². The number of hydrogen-bond donors (Lipinski definition) is 0. The van der Waals surface area contributed by atoms with E-state index in [0.29, 0.717) is 10.0 Å². The van der Waals surface area contributed by atoms with E-state index in [1.165, 1.54) is 18.2 Å². The maximum atomic E-state index is 13.0. The summed E-state index contributed by atoms with van der Waals surface area (Å²) in [5, 5.41) is 16.9. The van der Waals surface area contributed by atoms with Gasteiger partial charge in [-0.25, -0.2) is 4.39 Å². The quantitative estimate of drug-likeness (QED) is 0.720. The second-order valence-electron chi connectivity index (χ2n) is 2.46. The molecule has 0 aliphatic rings. The molecule has 0 spiro atoms. The highest BCUT2D eigenvalue weighted by atomic mass is 79.9. The molecule has 0 unspecified atom stereocenters. The van der Waals surface area contributed by atoms with Crippen LogP contribution in [0.4, 0.5) is 4.39 Å². The van der Waals surface area contributed by atoms with Crippen LogP contribution in [0, 0.1) is 28.5 Å². The molecule has 0 fully saturated rings. The van der Waals surface area contributed by atoms with E-state index in [9.17, 15) is 4.39 Å². The normalized spacial score (nSPS) is 8.57. The van der Waals surface area contributed by atoms with Crippen molar-refractivity contribution in [1.82, 2.24) is 0 Å². The third kappa shape index (κ3) is 2.42. The van der Waals surface area contributed by atoms with E-state index in [1.54, 1.807) is 18.2 Å². The molecule has 0 aliphatic carbocycles. The van der Waals surface area contributed by atoms with Gasteiger partial charge >= 0.3 is 0 Å². The summed E-state index contributed by atoms with van der Waals surface area (Å²) in [4.78, 5) is 0. The van der Waals surface area contributed by atoms with Crippen LogP contribution in [0.3, 0.4) is 0 Å². The lowest BCUT2D eigenvalue weighted by atomic mass is 10.1. The SMILES string of the molecule is N#CC(C#N)=Cc1ccc(Br)c(F)c1. The maximum absolute atomic E-state index is 13.0. The Kier molecular flexibility index (Phi) is 3.39. The largest absolute Gasteiger partial charge is 0.206 e. The molecule has 0 aliphatic heterocycles. The van der Waals surface area contributed by atoms with Crippen LogP contribution in [0.5, 0.6) is 0 Å². The van der Waals surface area contributed by atoms with Crippen molar-refractivity contribution in [3.8, 4) is 12.1 Å². The Morgan fingerprint density at radius 3 is 2.50 bits per heavy atom. The van der Waals surface area contributed by atoms with Gasteiger partial charge in [-0.05, 0) is 39.7 Å². The average Bonchev–Trinajstić information content (AvgIpc) is 2.19. The third-order valence-corrected chi connectivity index (χ3v) is 2.14. The van der Waals surface area contributed by atoms with Crippen LogP contribution in [0.1, 0.15) is 5.56 Å². The summed E-state index contributed by atoms with van der Waals surface area (Å²) in [7, 11) is 0. The Bertz CT molecular complexity index is 450. The van der Waals surface area contributed by atoms with Crippen LogP contribution in [0.2, 0.25) is 0 Å². The molecule has 0 bridgehead atoms. The number of allylic oxidation sites excluding steroid dienone is 1. The van der Waals surface area contributed by atoms with E-state index in [1.807, 2.05) is 0 Å². The van der Waals surface area contributed by atoms with E-state index in [4.69, 9.17) is 10.5 Å². The molecule has 0 N–H and O–H groups in total. The molecule has 1 aromatic carbocycles. The van der Waals surface area contributed by atoms with Gasteiger partial charge in [-0.15, -0.1) is 0 Å². The van der Waals surface area contributed by atoms with Crippen molar-refractivity contribution < 1.29 is 4.39 Å². The molecule has 0 aromatic heterocycles. The van der Waals surface area contributed by atoms with Crippen molar-refractivity contribution in [2.75, 3.05) is 0 Å². The van der Waals surface area contributed by atoms with Crippen LogP contribution in [-0.2, 0) is 0 Å². The predicted molar refractivity (Wildman–Crippen MR) is 53.3 cm³/mol. The zero-order valence-corrected chi connectivity index (χ0v) is 8.55. The molecule has 0 heterocycles. The monoisotopic (exact) mass is 250 g/mol. The molecular weight excluding hydrogens is 247 g/mol. The van der Waals surface area contributed by atoms with Crippen LogP contribution in [0.15, 0.2) is 28.2 Å². The summed E-state index contributed by atoms with van der Waals surface area (Å²) in [6.45, 7) is 0. The highest BCUT2D eigenvalue weighted by Gasteiger charge is 1.99. The van der Waals surface area contributed by atoms with Gasteiger partial charge in [-0.1, -0.05) is 6.07 Å². The van der Waals surface area contributed by atoms with Crippen molar-refractivity contribution >= 4 is 22.0 Å². The van der Waals surface area contributed by atoms with Crippen LogP contribution in [-0.4, -0.2) is 0 Å². The molecule has 1 aromatic rings. The number of halogens is 2. The summed E-state index contributed by atoms with van der Waals surface area (Å²) in [6.07, 6.45) is 1.33. The zero-order valence-electron chi connectivity index (χ0n) is 6.96. The lowest BCUT2D eigenvalue weighted by Gasteiger charge is -1.95. The Morgan fingerprint density at radius 1 is 1.36 bits per heavy atom. The molecule has 0 amide bonds. The zero-order chi connectivity index (χ0) is 10.6. The fourth-order valence-electron chi connectivity index (χ4n) is 0.858. The molecule has 1 rings (SSSR count). The molecule has 2 nitrogen and oxygen atoms in total. The predicted octanol–water partition coefficient (Wildman–Crippen LogP) is 3.02. The summed E-state index contributed by atoms with van der Waals surface area (Å²) in [6, 6.07) is 7.78. The summed E-state index contributed by atoms with van der Waals surface area (Å²) < 4.78 is 13.3. The standard InChI is InChI=1S/C10H4BrFN2/c11-9-2-1-7(4-10(9)12)3-8(5-13)6-14/h1-4H. The lowest BCUT2D eigenvalue weighted by Crippen LogP contribution is -1.80. The van der Waals surface area contributed by atoms with Gasteiger partial charge in [0.25, 0.3) is 0 Å². The Balaban J connectivity index is 3.13. The van der Waals surface area contributed by atoms with Gasteiger partial charge < -0.3 is 0 Å². The molecule has 0 saturated carbocycles. The highest BCUT2D eigenvalue weighted by molar-refractivity contribution is 9.10. The van der Waals surface area contributed by atoms with E-state index >= 15 is 0 Å². The van der Waals surface area contributed by atoms with Gasteiger partial charge in [0.1, 0.15) is 23.5 Å². The average molecular weight is 251 g/mol. The number of nitriles is 2. The number of hydrogen-bond acceptors (Lipinski definition) is 2. The van der Waals surface area contributed by atoms with Crippen LogP contribution < -0.4 is 0 Å². The minimum atomic E-state index is -0.422. The molecule has 68 valence electrons. The van der Waals surface area contributed by atoms with Crippen molar-refractivity contribution in [3.05, 3.63) is 39.6 Å². The third-order valence-electron chi connectivity index (χ3n) is 1.50. The van der Waals surface area contributed by atoms with Gasteiger partial charge in [0.15, 0.2) is 0 Å². The topological polar surface area (TPSA) is 47.6 Å². The maximum Gasteiger partial charge on any atom is 0.137 e. The van der Waals surface area contributed by atoms with Crippen molar-refractivity contribution in [3.63, 3.8) is 0 Å². The number of rotatable bonds is 1. The molecule has 0 atom stereocenters. The highest BCUT2D eigenvalue weighted by Crippen LogP contribution is 2.17. The first-order chi connectivity index (χ1) is 6.67. The van der Waals surface area contributed by atoms with Crippen molar-refractivity contribution in [2.24, 2.45) is 0 Å². The lowest BCUT2D eigenvalue weighted by molar-refractivity contribution is 0.621. The van der Waals surface area contributed by atoms with Crippen LogP contribution in [0.25, 0.3) is 6.08 Å². The molecule has 14 heavy (non-hydrogen) atoms. The van der Waals surface area contributed by atoms with Gasteiger partial charge in [0, 0.05) is 0 Å². The Labute approximate surface area is 89.0 Å². The van der Waals surface area contributed by atoms with E-state index < -0.39 is 5.82 Å². The molecule has 0 radical (unpaired) electrons. The van der Waals surface area contributed by atoms with Crippen LogP contribution >= 0.6 is 15.9 Å². The van der Waals surface area contributed by atoms with E-state index in [-0.39, 0.29) is 5.57 Å². The Hall–Kier alpha value is -1.65. The molecule has 4 heteroatoms. The minimum absolute atomic E-state index is 0.0493. The van der Waals surface area contributed by atoms with Crippen molar-refractivity contribution in [1.29, 1.82) is 10.5 Å². The first-order valence-electron chi connectivity index (χ1n) is 3.64. The number of nitrogens with zero attached hydrogens (tertiary/aromatic N) is 2. The smallest absolute Gasteiger partial charge is 0.137 e. The van der Waals surface area contributed by atoms with Gasteiger partial charge in [0.05, 0.1) is 4.47 Å². The fourth-order valence-corrected chi connectivity index (χ4v) is 1.11. The Morgan fingerprint density at radius 2 is 2.00 bits per heavy atom. The number of benzene rings is 1. The molecule has 0 saturated heterocycles. The summed E-state index contributed by atoms with van der Waals surface area (Å²) >= 11 is 3.00. The summed E-state index contributed by atoms with van der Waals surface area (Å²) in [5.74, 6) is -0.422. The second kappa shape index (κ2) is 4.55. The van der Waals surface area contributed by atoms with E-state index in [0.717, 1.165) is 0 Å². The summed E-state index contributed by atoms with van der Waals surface area (Å²) in [5.41, 5.74) is 0.440. The first-order valence-corrected chi connectivity index (χ1v) is 4.43. The molecular formula is C10H4BrFN2. The first kappa shape index (κ1) is 10.4. The second-order valence-corrected chi connectivity index (χ2v) is 3.31. The van der Waals surface area contributed by atoms with Gasteiger partial charge in [-0.2, -0.15) is 10.5 Å². The fraction of sp³-hybridized carbons (Fsp3) is 0. The van der Waals surface area contributed by atoms with Crippen molar-refractivity contribution in [2.45, 2.75) is 0 Å².